The third-order valence-electron chi connectivity index (χ3n) is 4.69. The Morgan fingerprint density at radius 2 is 1.38 bits per heavy atom. The van der Waals surface area contributed by atoms with Gasteiger partial charge in [0.05, 0.1) is 12.5 Å². The van der Waals surface area contributed by atoms with Gasteiger partial charge < -0.3 is 4.98 Å². The van der Waals surface area contributed by atoms with E-state index in [0.717, 1.165) is 17.9 Å². The second-order valence-electron chi connectivity index (χ2n) is 6.99. The van der Waals surface area contributed by atoms with Crippen molar-refractivity contribution in [3.05, 3.63) is 18.2 Å². The number of amides is 1. The maximum Gasteiger partial charge on any atom is 0.295 e. The van der Waals surface area contributed by atoms with Gasteiger partial charge in [-0.15, -0.1) is 12.4 Å². The maximum absolute atomic E-state index is 11.8. The molecule has 1 rings (SSSR count). The normalized spacial score (nSPS) is 10.5. The number of carbonyl (C=O) groups excluding carboxylic acids is 1. The highest BCUT2D eigenvalue weighted by atomic mass is 35.5. The molecule has 1 aromatic heterocycles. The lowest BCUT2D eigenvalue weighted by Crippen LogP contribution is -2.28. The summed E-state index contributed by atoms with van der Waals surface area (Å²) in [6.07, 6.45) is 21.0. The topological polar surface area (TPSA) is 69.2 Å². The largest absolute Gasteiger partial charge is 0.341 e. The zero-order valence-electron chi connectivity index (χ0n) is 16.4. The molecule has 0 aliphatic rings. The Labute approximate surface area is 165 Å². The van der Waals surface area contributed by atoms with Gasteiger partial charge in [-0.25, -0.2) is 10.0 Å². The van der Waals surface area contributed by atoms with Gasteiger partial charge in [0.25, 0.3) is 5.91 Å². The number of hydrogen-bond acceptors (Lipinski definition) is 3. The van der Waals surface area contributed by atoms with Crippen LogP contribution in [-0.2, 0) is 0 Å². The van der Waals surface area contributed by atoms with Gasteiger partial charge in [-0.3, -0.25) is 10.0 Å². The lowest BCUT2D eigenvalue weighted by atomic mass is 10.0. The fourth-order valence-corrected chi connectivity index (χ4v) is 3.07. The molecule has 0 saturated heterocycles. The summed E-state index contributed by atoms with van der Waals surface area (Å²) in [5.74, 6) is -0.410. The first-order valence-electron chi connectivity index (χ1n) is 10.2. The average Bonchev–Trinajstić information content (AvgIpc) is 3.15. The SMILES string of the molecule is CCCCCCCCCCCCCCCCN(O)C(=O)c1cnc[nH]1.Cl. The molecule has 152 valence electrons. The van der Waals surface area contributed by atoms with Crippen LogP contribution in [0.25, 0.3) is 0 Å². The van der Waals surface area contributed by atoms with E-state index in [4.69, 9.17) is 0 Å². The van der Waals surface area contributed by atoms with Crippen molar-refractivity contribution < 1.29 is 10.0 Å². The summed E-state index contributed by atoms with van der Waals surface area (Å²) in [5, 5.41) is 10.5. The second kappa shape index (κ2) is 17.3. The van der Waals surface area contributed by atoms with Crippen LogP contribution in [0.2, 0.25) is 0 Å². The fraction of sp³-hybridized carbons (Fsp3) is 0.800. The number of aromatic amines is 1. The molecule has 0 unspecified atom stereocenters. The third kappa shape index (κ3) is 12.3. The van der Waals surface area contributed by atoms with Crippen LogP contribution in [0.15, 0.2) is 12.5 Å². The van der Waals surface area contributed by atoms with Gasteiger partial charge >= 0.3 is 0 Å². The molecule has 6 heteroatoms. The molecule has 5 nitrogen and oxygen atoms in total. The second-order valence-corrected chi connectivity index (χ2v) is 6.99. The summed E-state index contributed by atoms with van der Waals surface area (Å²) < 4.78 is 0. The van der Waals surface area contributed by atoms with Crippen molar-refractivity contribution in [3.8, 4) is 0 Å². The Balaban J connectivity index is 0.00000625. The minimum atomic E-state index is -0.410. The number of rotatable bonds is 16. The van der Waals surface area contributed by atoms with E-state index in [1.807, 2.05) is 0 Å². The number of unbranched alkanes of at least 4 members (excludes halogenated alkanes) is 13. The maximum atomic E-state index is 11.8. The van der Waals surface area contributed by atoms with E-state index in [2.05, 4.69) is 16.9 Å². The molecule has 0 aromatic carbocycles. The summed E-state index contributed by atoms with van der Waals surface area (Å²) in [6, 6.07) is 0. The van der Waals surface area contributed by atoms with Gasteiger partial charge in [0.1, 0.15) is 5.69 Å². The van der Waals surface area contributed by atoms with Crippen LogP contribution in [0.4, 0.5) is 0 Å². The Morgan fingerprint density at radius 3 is 1.81 bits per heavy atom. The predicted octanol–water partition coefficient (Wildman–Crippen LogP) is 6.14. The number of nitrogens with one attached hydrogen (secondary N) is 1. The minimum absolute atomic E-state index is 0. The lowest BCUT2D eigenvalue weighted by Gasteiger charge is -2.13. The molecule has 1 amide bonds. The first kappa shape index (κ1) is 24.9. The quantitative estimate of drug-likeness (QED) is 0.203. The number of H-pyrrole nitrogens is 1. The Kier molecular flexibility index (Phi) is 16.6. The van der Waals surface area contributed by atoms with Gasteiger partial charge in [-0.2, -0.15) is 0 Å². The van der Waals surface area contributed by atoms with E-state index < -0.39 is 5.91 Å². The Hall–Kier alpha value is -1.07. The molecule has 0 saturated carbocycles. The molecule has 0 spiro atoms. The smallest absolute Gasteiger partial charge is 0.295 e. The zero-order chi connectivity index (χ0) is 18.2. The van der Waals surface area contributed by atoms with Crippen LogP contribution in [0.3, 0.4) is 0 Å². The van der Waals surface area contributed by atoms with Crippen molar-refractivity contribution in [3.63, 3.8) is 0 Å². The summed E-state index contributed by atoms with van der Waals surface area (Å²) >= 11 is 0. The number of hydroxylamine groups is 2. The highest BCUT2D eigenvalue weighted by molar-refractivity contribution is 5.91. The molecule has 1 heterocycles. The molecule has 0 radical (unpaired) electrons. The van der Waals surface area contributed by atoms with Crippen molar-refractivity contribution in [2.24, 2.45) is 0 Å². The molecule has 26 heavy (non-hydrogen) atoms. The highest BCUT2D eigenvalue weighted by Crippen LogP contribution is 2.13. The van der Waals surface area contributed by atoms with Gasteiger partial charge in [-0.1, -0.05) is 90.4 Å². The number of nitrogens with zero attached hydrogens (tertiary/aromatic N) is 2. The van der Waals surface area contributed by atoms with Crippen molar-refractivity contribution in [1.29, 1.82) is 0 Å². The first-order valence-corrected chi connectivity index (χ1v) is 10.2. The Morgan fingerprint density at radius 1 is 0.923 bits per heavy atom. The van der Waals surface area contributed by atoms with Crippen LogP contribution < -0.4 is 0 Å². The van der Waals surface area contributed by atoms with Crippen LogP contribution in [0.1, 0.15) is 107 Å². The summed E-state index contributed by atoms with van der Waals surface area (Å²) in [7, 11) is 0. The molecule has 2 N–H and O–H groups in total. The number of carbonyl (C=O) groups is 1. The number of imidazole rings is 1. The lowest BCUT2D eigenvalue weighted by molar-refractivity contribution is -0.0592. The molecular weight excluding hydrogens is 350 g/mol. The van der Waals surface area contributed by atoms with Crippen molar-refractivity contribution >= 4 is 18.3 Å². The van der Waals surface area contributed by atoms with E-state index in [1.54, 1.807) is 0 Å². The van der Waals surface area contributed by atoms with E-state index in [1.165, 1.54) is 89.6 Å². The molecule has 0 fully saturated rings. The van der Waals surface area contributed by atoms with Gasteiger partial charge in [-0.05, 0) is 6.42 Å². The van der Waals surface area contributed by atoms with Crippen LogP contribution in [0.5, 0.6) is 0 Å². The monoisotopic (exact) mass is 387 g/mol. The fourth-order valence-electron chi connectivity index (χ4n) is 3.07. The standard InChI is InChI=1S/C20H37N3O2.ClH/c1-2-3-4-5-6-7-8-9-10-11-12-13-14-15-16-23(25)20(24)19-17-21-18-22-19;/h17-18,25H,2-16H2,1H3,(H,21,22);1H. The first-order chi connectivity index (χ1) is 12.3. The van der Waals surface area contributed by atoms with Crippen LogP contribution in [-0.4, -0.2) is 32.7 Å². The van der Waals surface area contributed by atoms with E-state index in [-0.39, 0.29) is 12.4 Å². The van der Waals surface area contributed by atoms with Gasteiger partial charge in [0.15, 0.2) is 0 Å². The zero-order valence-corrected chi connectivity index (χ0v) is 17.2. The molecule has 0 atom stereocenters. The number of aromatic nitrogens is 2. The molecular formula is C20H38ClN3O2. The minimum Gasteiger partial charge on any atom is -0.341 e. The highest BCUT2D eigenvalue weighted by Gasteiger charge is 2.13. The Bertz CT molecular complexity index is 427. The van der Waals surface area contributed by atoms with E-state index in [9.17, 15) is 10.0 Å². The summed E-state index contributed by atoms with van der Waals surface area (Å²) in [6.45, 7) is 2.65. The molecule has 0 aliphatic heterocycles. The molecule has 0 aliphatic carbocycles. The van der Waals surface area contributed by atoms with Gasteiger partial charge in [0, 0.05) is 6.54 Å². The van der Waals surface area contributed by atoms with E-state index >= 15 is 0 Å². The van der Waals surface area contributed by atoms with Crippen molar-refractivity contribution in [2.45, 2.75) is 96.8 Å². The number of hydrogen-bond donors (Lipinski definition) is 2. The average molecular weight is 388 g/mol. The predicted molar refractivity (Wildman–Crippen MR) is 109 cm³/mol. The van der Waals surface area contributed by atoms with Crippen molar-refractivity contribution in [1.82, 2.24) is 15.0 Å². The third-order valence-corrected chi connectivity index (χ3v) is 4.69. The van der Waals surface area contributed by atoms with E-state index in [0.29, 0.717) is 12.2 Å². The van der Waals surface area contributed by atoms with Crippen molar-refractivity contribution in [2.75, 3.05) is 6.54 Å². The number of halogens is 1. The molecule has 1 aromatic rings. The molecule has 0 bridgehead atoms. The summed E-state index contributed by atoms with van der Waals surface area (Å²) in [5.41, 5.74) is 0.327. The summed E-state index contributed by atoms with van der Waals surface area (Å²) in [4.78, 5) is 18.3. The van der Waals surface area contributed by atoms with Crippen LogP contribution >= 0.6 is 12.4 Å². The van der Waals surface area contributed by atoms with Gasteiger partial charge in [0.2, 0.25) is 0 Å². The van der Waals surface area contributed by atoms with Crippen LogP contribution in [0, 0.1) is 0 Å².